The Labute approximate surface area is 84.9 Å². The molecule has 0 aromatic carbocycles. The zero-order chi connectivity index (χ0) is 10.8. The second kappa shape index (κ2) is 3.96. The number of nitrogens with zero attached hydrogens (tertiary/aromatic N) is 1. The maximum Gasteiger partial charge on any atom is 0.151 e. The molecule has 1 heterocycles. The number of aryl methyl sites for hydroxylation is 1. The van der Waals surface area contributed by atoms with Gasteiger partial charge in [-0.1, -0.05) is 13.8 Å². The van der Waals surface area contributed by atoms with Crippen LogP contribution in [0.5, 0.6) is 0 Å². The van der Waals surface area contributed by atoms with Crippen molar-refractivity contribution in [1.82, 2.24) is 4.57 Å². The number of hydrogen-bond acceptors (Lipinski definition) is 2. The Balaban J connectivity index is 3.27. The Bertz CT molecular complexity index is 324. The minimum atomic E-state index is -0.380. The molecule has 3 nitrogen and oxygen atoms in total. The van der Waals surface area contributed by atoms with Crippen LogP contribution in [0.15, 0.2) is 12.3 Å². The van der Waals surface area contributed by atoms with Gasteiger partial charge in [-0.15, -0.1) is 0 Å². The lowest BCUT2D eigenvalue weighted by Gasteiger charge is -2.28. The number of aromatic nitrogens is 1. The van der Waals surface area contributed by atoms with Gasteiger partial charge in [-0.05, 0) is 18.9 Å². The molecule has 0 aliphatic heterocycles. The molecule has 0 saturated carbocycles. The average molecular weight is 194 g/mol. The summed E-state index contributed by atoms with van der Waals surface area (Å²) in [5.41, 5.74) is 7.53. The van der Waals surface area contributed by atoms with Crippen molar-refractivity contribution in [2.75, 3.05) is 0 Å². The Hall–Kier alpha value is -1.09. The SMILES string of the molecule is CCC(N)(CC)c1c(C=O)ccn1C. The van der Waals surface area contributed by atoms with E-state index in [9.17, 15) is 4.79 Å². The van der Waals surface area contributed by atoms with Crippen molar-refractivity contribution in [3.63, 3.8) is 0 Å². The van der Waals surface area contributed by atoms with Gasteiger partial charge < -0.3 is 10.3 Å². The molecule has 0 spiro atoms. The molecule has 1 aromatic heterocycles. The highest BCUT2D eigenvalue weighted by molar-refractivity contribution is 5.77. The van der Waals surface area contributed by atoms with E-state index in [2.05, 4.69) is 0 Å². The molecule has 3 heteroatoms. The first-order valence-electron chi connectivity index (χ1n) is 4.99. The second-order valence-corrected chi connectivity index (χ2v) is 3.71. The lowest BCUT2D eigenvalue weighted by molar-refractivity contribution is 0.112. The molecule has 0 fully saturated rings. The monoisotopic (exact) mass is 194 g/mol. The molecule has 0 unspecified atom stereocenters. The van der Waals surface area contributed by atoms with Gasteiger partial charge in [0.1, 0.15) is 0 Å². The number of carbonyl (C=O) groups is 1. The van der Waals surface area contributed by atoms with Crippen LogP contribution in [0.2, 0.25) is 0 Å². The van der Waals surface area contributed by atoms with Crippen LogP contribution in [0.3, 0.4) is 0 Å². The van der Waals surface area contributed by atoms with Crippen LogP contribution in [-0.2, 0) is 12.6 Å². The predicted molar refractivity (Wildman–Crippen MR) is 57.2 cm³/mol. The summed E-state index contributed by atoms with van der Waals surface area (Å²) in [6, 6.07) is 1.81. The summed E-state index contributed by atoms with van der Waals surface area (Å²) in [6.45, 7) is 4.09. The average Bonchev–Trinajstić information content (AvgIpc) is 2.59. The van der Waals surface area contributed by atoms with Gasteiger partial charge in [0.05, 0.1) is 5.54 Å². The van der Waals surface area contributed by atoms with Crippen LogP contribution in [-0.4, -0.2) is 10.9 Å². The fraction of sp³-hybridized carbons (Fsp3) is 0.545. The van der Waals surface area contributed by atoms with Gasteiger partial charge >= 0.3 is 0 Å². The topological polar surface area (TPSA) is 48.0 Å². The third kappa shape index (κ3) is 1.60. The summed E-state index contributed by atoms with van der Waals surface area (Å²) in [5, 5.41) is 0. The fourth-order valence-electron chi connectivity index (χ4n) is 1.87. The van der Waals surface area contributed by atoms with E-state index in [1.54, 1.807) is 0 Å². The molecule has 0 aliphatic rings. The highest BCUT2D eigenvalue weighted by atomic mass is 16.1. The predicted octanol–water partition coefficient (Wildman–Crippen LogP) is 1.81. The van der Waals surface area contributed by atoms with E-state index in [0.717, 1.165) is 24.8 Å². The normalized spacial score (nSPS) is 11.7. The fourth-order valence-corrected chi connectivity index (χ4v) is 1.87. The van der Waals surface area contributed by atoms with Gasteiger partial charge in [0.15, 0.2) is 6.29 Å². The van der Waals surface area contributed by atoms with Gasteiger partial charge in [0.25, 0.3) is 0 Å². The summed E-state index contributed by atoms with van der Waals surface area (Å²) in [7, 11) is 1.93. The molecule has 78 valence electrons. The van der Waals surface area contributed by atoms with E-state index in [-0.39, 0.29) is 5.54 Å². The molecule has 1 aromatic rings. The van der Waals surface area contributed by atoms with Crippen molar-refractivity contribution in [3.05, 3.63) is 23.5 Å². The number of carbonyl (C=O) groups excluding carboxylic acids is 1. The van der Waals surface area contributed by atoms with Crippen molar-refractivity contribution in [2.24, 2.45) is 12.8 Å². The van der Waals surface area contributed by atoms with Crippen LogP contribution in [0.25, 0.3) is 0 Å². The van der Waals surface area contributed by atoms with E-state index in [4.69, 9.17) is 5.73 Å². The molecule has 0 saturated heterocycles. The largest absolute Gasteiger partial charge is 0.352 e. The highest BCUT2D eigenvalue weighted by Crippen LogP contribution is 2.28. The van der Waals surface area contributed by atoms with Gasteiger partial charge in [-0.2, -0.15) is 0 Å². The van der Waals surface area contributed by atoms with E-state index >= 15 is 0 Å². The third-order valence-corrected chi connectivity index (χ3v) is 2.96. The van der Waals surface area contributed by atoms with Crippen LogP contribution in [0.1, 0.15) is 42.7 Å². The number of nitrogens with two attached hydrogens (primary N) is 1. The van der Waals surface area contributed by atoms with Crippen molar-refractivity contribution in [1.29, 1.82) is 0 Å². The molecule has 0 atom stereocenters. The van der Waals surface area contributed by atoms with Gasteiger partial charge in [-0.25, -0.2) is 0 Å². The zero-order valence-electron chi connectivity index (χ0n) is 9.08. The molecular formula is C11H18N2O. The Morgan fingerprint density at radius 1 is 1.50 bits per heavy atom. The summed E-state index contributed by atoms with van der Waals surface area (Å²) in [4.78, 5) is 10.9. The minimum absolute atomic E-state index is 0.380. The quantitative estimate of drug-likeness (QED) is 0.743. The van der Waals surface area contributed by atoms with Crippen LogP contribution < -0.4 is 5.73 Å². The van der Waals surface area contributed by atoms with Gasteiger partial charge in [-0.3, -0.25) is 4.79 Å². The minimum Gasteiger partial charge on any atom is -0.352 e. The lowest BCUT2D eigenvalue weighted by atomic mass is 9.88. The van der Waals surface area contributed by atoms with Crippen LogP contribution in [0.4, 0.5) is 0 Å². The van der Waals surface area contributed by atoms with Crippen molar-refractivity contribution >= 4 is 6.29 Å². The summed E-state index contributed by atoms with van der Waals surface area (Å²) in [5.74, 6) is 0. The first-order chi connectivity index (χ1) is 6.59. The van der Waals surface area contributed by atoms with Crippen LogP contribution >= 0.6 is 0 Å². The molecule has 14 heavy (non-hydrogen) atoms. The summed E-state index contributed by atoms with van der Waals surface area (Å²) < 4.78 is 1.94. The molecule has 1 rings (SSSR count). The summed E-state index contributed by atoms with van der Waals surface area (Å²) in [6.07, 6.45) is 4.43. The third-order valence-electron chi connectivity index (χ3n) is 2.96. The molecule has 0 amide bonds. The Morgan fingerprint density at radius 3 is 2.50 bits per heavy atom. The first-order valence-corrected chi connectivity index (χ1v) is 4.99. The van der Waals surface area contributed by atoms with Crippen molar-refractivity contribution < 1.29 is 4.79 Å². The molecule has 0 bridgehead atoms. The number of aldehydes is 1. The lowest BCUT2D eigenvalue weighted by Crippen LogP contribution is -2.37. The number of hydrogen-bond donors (Lipinski definition) is 1. The van der Waals surface area contributed by atoms with Gasteiger partial charge in [0.2, 0.25) is 0 Å². The first kappa shape index (κ1) is 11.0. The maximum atomic E-state index is 10.9. The standard InChI is InChI=1S/C11H18N2O/c1-4-11(12,5-2)10-9(8-14)6-7-13(10)3/h6-8H,4-5,12H2,1-3H3. The highest BCUT2D eigenvalue weighted by Gasteiger charge is 2.28. The molecule has 2 N–H and O–H groups in total. The van der Waals surface area contributed by atoms with E-state index in [1.807, 2.05) is 37.7 Å². The molecule has 0 aliphatic carbocycles. The van der Waals surface area contributed by atoms with E-state index in [0.29, 0.717) is 5.56 Å². The zero-order valence-corrected chi connectivity index (χ0v) is 9.08. The maximum absolute atomic E-state index is 10.9. The number of rotatable bonds is 4. The van der Waals surface area contributed by atoms with Crippen molar-refractivity contribution in [2.45, 2.75) is 32.2 Å². The molecular weight excluding hydrogens is 176 g/mol. The van der Waals surface area contributed by atoms with Crippen LogP contribution in [0, 0.1) is 0 Å². The smallest absolute Gasteiger partial charge is 0.151 e. The second-order valence-electron chi connectivity index (χ2n) is 3.71. The van der Waals surface area contributed by atoms with Gasteiger partial charge in [0, 0.05) is 24.5 Å². The van der Waals surface area contributed by atoms with E-state index < -0.39 is 0 Å². The Morgan fingerprint density at radius 2 is 2.07 bits per heavy atom. The van der Waals surface area contributed by atoms with Crippen molar-refractivity contribution in [3.8, 4) is 0 Å². The molecule has 0 radical (unpaired) electrons. The van der Waals surface area contributed by atoms with E-state index in [1.165, 1.54) is 0 Å². The summed E-state index contributed by atoms with van der Waals surface area (Å²) >= 11 is 0. The Kier molecular flexibility index (Phi) is 3.11.